The van der Waals surface area contributed by atoms with Crippen LogP contribution in [-0.2, 0) is 0 Å². The molecule has 0 amide bonds. The summed E-state index contributed by atoms with van der Waals surface area (Å²) in [7, 11) is 1.90. The lowest BCUT2D eigenvalue weighted by Crippen LogP contribution is -2.45. The molecular weight excluding hydrogens is 286 g/mol. The Balaban J connectivity index is 1.68. The number of hydrogen-bond acceptors (Lipinski definition) is 3. The van der Waals surface area contributed by atoms with Gasteiger partial charge in [0.05, 0.1) is 0 Å². The lowest BCUT2D eigenvalue weighted by molar-refractivity contribution is 0.198. The molecule has 0 radical (unpaired) electrons. The Morgan fingerprint density at radius 1 is 1.09 bits per heavy atom. The fourth-order valence-electron chi connectivity index (χ4n) is 3.63. The second-order valence-corrected chi connectivity index (χ2v) is 8.11. The van der Waals surface area contributed by atoms with Crippen molar-refractivity contribution in [3.05, 3.63) is 0 Å². The molecule has 0 aliphatic carbocycles. The van der Waals surface area contributed by atoms with Crippen molar-refractivity contribution in [2.75, 3.05) is 52.9 Å². The number of hydrogen-bond donors (Lipinski definition) is 2. The lowest BCUT2D eigenvalue weighted by Gasteiger charge is -2.29. The van der Waals surface area contributed by atoms with E-state index in [1.165, 1.54) is 45.3 Å². The molecule has 23 heavy (non-hydrogen) atoms. The number of piperidine rings is 1. The number of guanidine groups is 1. The zero-order valence-electron chi connectivity index (χ0n) is 15.7. The van der Waals surface area contributed by atoms with Crippen LogP contribution in [0.1, 0.15) is 46.5 Å². The summed E-state index contributed by atoms with van der Waals surface area (Å²) in [5, 5.41) is 7.02. The van der Waals surface area contributed by atoms with Crippen molar-refractivity contribution in [3.8, 4) is 0 Å². The Kier molecular flexibility index (Phi) is 7.15. The van der Waals surface area contributed by atoms with Crippen LogP contribution in [0.5, 0.6) is 0 Å². The van der Waals surface area contributed by atoms with Gasteiger partial charge in [0.1, 0.15) is 0 Å². The Morgan fingerprint density at radius 3 is 2.48 bits per heavy atom. The predicted molar refractivity (Wildman–Crippen MR) is 99.1 cm³/mol. The molecule has 2 saturated heterocycles. The topological polar surface area (TPSA) is 42.9 Å². The van der Waals surface area contributed by atoms with Gasteiger partial charge in [0.25, 0.3) is 0 Å². The monoisotopic (exact) mass is 323 g/mol. The Bertz CT molecular complexity index is 368. The summed E-state index contributed by atoms with van der Waals surface area (Å²) in [6, 6.07) is 0. The zero-order valence-corrected chi connectivity index (χ0v) is 15.7. The minimum absolute atomic E-state index is 0.179. The van der Waals surface area contributed by atoms with Gasteiger partial charge in [-0.25, -0.2) is 0 Å². The molecule has 0 bridgehead atoms. The normalized spacial score (nSPS) is 24.3. The van der Waals surface area contributed by atoms with Crippen LogP contribution in [0.4, 0.5) is 0 Å². The molecule has 134 valence electrons. The van der Waals surface area contributed by atoms with Crippen LogP contribution in [0.2, 0.25) is 0 Å². The van der Waals surface area contributed by atoms with Crippen molar-refractivity contribution in [2.45, 2.75) is 52.0 Å². The first-order valence-electron chi connectivity index (χ1n) is 9.41. The third kappa shape index (κ3) is 6.68. The number of nitrogens with zero attached hydrogens (tertiary/aromatic N) is 3. The van der Waals surface area contributed by atoms with E-state index < -0.39 is 0 Å². The Hall–Kier alpha value is -0.810. The van der Waals surface area contributed by atoms with Crippen LogP contribution < -0.4 is 10.6 Å². The smallest absolute Gasteiger partial charge is 0.193 e. The van der Waals surface area contributed by atoms with Gasteiger partial charge < -0.3 is 20.4 Å². The van der Waals surface area contributed by atoms with Gasteiger partial charge in [0.15, 0.2) is 5.96 Å². The van der Waals surface area contributed by atoms with Crippen molar-refractivity contribution in [1.82, 2.24) is 20.4 Å². The van der Waals surface area contributed by atoms with Gasteiger partial charge in [-0.2, -0.15) is 0 Å². The molecule has 2 aliphatic rings. The average molecular weight is 324 g/mol. The van der Waals surface area contributed by atoms with Gasteiger partial charge in [-0.05, 0) is 59.0 Å². The maximum Gasteiger partial charge on any atom is 0.193 e. The molecule has 2 heterocycles. The molecule has 5 nitrogen and oxygen atoms in total. The highest BCUT2D eigenvalue weighted by atomic mass is 15.3. The summed E-state index contributed by atoms with van der Waals surface area (Å²) in [4.78, 5) is 9.58. The van der Waals surface area contributed by atoms with Crippen molar-refractivity contribution >= 4 is 5.96 Å². The first-order valence-corrected chi connectivity index (χ1v) is 9.41. The van der Waals surface area contributed by atoms with Crippen molar-refractivity contribution in [2.24, 2.45) is 10.9 Å². The van der Waals surface area contributed by atoms with E-state index in [0.29, 0.717) is 0 Å². The summed E-state index contributed by atoms with van der Waals surface area (Å²) in [6.45, 7) is 14.7. The third-order valence-corrected chi connectivity index (χ3v) is 4.83. The molecule has 0 aromatic heterocycles. The van der Waals surface area contributed by atoms with Gasteiger partial charge in [-0.15, -0.1) is 0 Å². The maximum atomic E-state index is 4.48. The third-order valence-electron chi connectivity index (χ3n) is 4.83. The second-order valence-electron chi connectivity index (χ2n) is 8.11. The highest BCUT2D eigenvalue weighted by Gasteiger charge is 2.26. The molecule has 2 N–H and O–H groups in total. The number of likely N-dealkylation sites (tertiary alicyclic amines) is 2. The standard InChI is InChI=1S/C18H37N5/c1-18(2,3)21-10-9-20-17(19-4)23-13-8-16(15-23)14-22-11-6-5-7-12-22/h16,21H,5-15H2,1-4H3,(H,19,20). The Morgan fingerprint density at radius 2 is 1.83 bits per heavy atom. The summed E-state index contributed by atoms with van der Waals surface area (Å²) >= 11 is 0. The summed E-state index contributed by atoms with van der Waals surface area (Å²) < 4.78 is 0. The van der Waals surface area contributed by atoms with Crippen LogP contribution >= 0.6 is 0 Å². The molecule has 2 fully saturated rings. The highest BCUT2D eigenvalue weighted by molar-refractivity contribution is 5.80. The number of nitrogens with one attached hydrogen (secondary N) is 2. The van der Waals surface area contributed by atoms with Gasteiger partial charge in [0, 0.05) is 45.3 Å². The van der Waals surface area contributed by atoms with E-state index in [1.54, 1.807) is 0 Å². The largest absolute Gasteiger partial charge is 0.355 e. The molecule has 2 rings (SSSR count). The fourth-order valence-corrected chi connectivity index (χ4v) is 3.63. The average Bonchev–Trinajstić information content (AvgIpc) is 2.95. The van der Waals surface area contributed by atoms with E-state index in [0.717, 1.165) is 38.1 Å². The Labute approximate surface area is 142 Å². The first-order chi connectivity index (χ1) is 11.0. The van der Waals surface area contributed by atoms with Crippen LogP contribution in [0.3, 0.4) is 0 Å². The predicted octanol–water partition coefficient (Wildman–Crippen LogP) is 1.76. The minimum Gasteiger partial charge on any atom is -0.355 e. The summed E-state index contributed by atoms with van der Waals surface area (Å²) in [5.41, 5.74) is 0.179. The zero-order chi connectivity index (χ0) is 16.7. The molecular formula is C18H37N5. The van der Waals surface area contributed by atoms with Gasteiger partial charge >= 0.3 is 0 Å². The molecule has 0 spiro atoms. The summed E-state index contributed by atoms with van der Waals surface area (Å²) in [6.07, 6.45) is 5.50. The van der Waals surface area contributed by atoms with Crippen LogP contribution in [-0.4, -0.2) is 74.2 Å². The van der Waals surface area contributed by atoms with Crippen molar-refractivity contribution in [3.63, 3.8) is 0 Å². The SMILES string of the molecule is CN=C(NCCNC(C)(C)C)N1CCC(CN2CCCCC2)C1. The minimum atomic E-state index is 0.179. The van der Waals surface area contributed by atoms with Crippen molar-refractivity contribution in [1.29, 1.82) is 0 Å². The van der Waals surface area contributed by atoms with E-state index in [1.807, 2.05) is 7.05 Å². The molecule has 0 saturated carbocycles. The van der Waals surface area contributed by atoms with E-state index >= 15 is 0 Å². The van der Waals surface area contributed by atoms with E-state index in [9.17, 15) is 0 Å². The quantitative estimate of drug-likeness (QED) is 0.460. The van der Waals surface area contributed by atoms with Crippen LogP contribution in [0.15, 0.2) is 4.99 Å². The number of aliphatic imine (C=N–C) groups is 1. The van der Waals surface area contributed by atoms with E-state index in [-0.39, 0.29) is 5.54 Å². The van der Waals surface area contributed by atoms with Crippen LogP contribution in [0, 0.1) is 5.92 Å². The molecule has 2 aliphatic heterocycles. The number of rotatable bonds is 5. The van der Waals surface area contributed by atoms with E-state index in [4.69, 9.17) is 0 Å². The van der Waals surface area contributed by atoms with Crippen LogP contribution in [0.25, 0.3) is 0 Å². The van der Waals surface area contributed by atoms with Gasteiger partial charge in [0.2, 0.25) is 0 Å². The van der Waals surface area contributed by atoms with Gasteiger partial charge in [-0.1, -0.05) is 6.42 Å². The molecule has 0 aromatic rings. The van der Waals surface area contributed by atoms with E-state index in [2.05, 4.69) is 46.2 Å². The second kappa shape index (κ2) is 8.88. The first kappa shape index (κ1) is 18.5. The van der Waals surface area contributed by atoms with Gasteiger partial charge in [-0.3, -0.25) is 4.99 Å². The lowest BCUT2D eigenvalue weighted by atomic mass is 10.1. The maximum absolute atomic E-state index is 4.48. The molecule has 0 aromatic carbocycles. The summed E-state index contributed by atoms with van der Waals surface area (Å²) in [5.74, 6) is 1.88. The highest BCUT2D eigenvalue weighted by Crippen LogP contribution is 2.19. The molecule has 5 heteroatoms. The van der Waals surface area contributed by atoms with Crippen molar-refractivity contribution < 1.29 is 0 Å². The molecule has 1 unspecified atom stereocenters. The fraction of sp³-hybridized carbons (Fsp3) is 0.944. The molecule has 1 atom stereocenters.